The summed E-state index contributed by atoms with van der Waals surface area (Å²) in [7, 11) is 2.78. The van der Waals surface area contributed by atoms with Gasteiger partial charge in [-0.2, -0.15) is 0 Å². The van der Waals surface area contributed by atoms with Crippen LogP contribution >= 0.6 is 11.6 Å². The average Bonchev–Trinajstić information content (AvgIpc) is 2.98. The molecular weight excluding hydrogens is 417 g/mol. The van der Waals surface area contributed by atoms with Crippen molar-refractivity contribution in [1.82, 2.24) is 4.90 Å². The van der Waals surface area contributed by atoms with Crippen molar-refractivity contribution in [3.8, 4) is 11.5 Å². The smallest absolute Gasteiger partial charge is 0.295 e. The maximum atomic E-state index is 13.9. The first-order chi connectivity index (χ1) is 14.3. The number of amides is 1. The third kappa shape index (κ3) is 3.83. The molecule has 2 aromatic rings. The summed E-state index contributed by atoms with van der Waals surface area (Å²) in [6, 6.07) is 6.62. The summed E-state index contributed by atoms with van der Waals surface area (Å²) in [5, 5.41) is 20.7. The van der Waals surface area contributed by atoms with Crippen LogP contribution in [0.3, 0.4) is 0 Å². The highest BCUT2D eigenvalue weighted by atomic mass is 35.5. The van der Waals surface area contributed by atoms with Gasteiger partial charge in [0.25, 0.3) is 11.7 Å². The fourth-order valence-electron chi connectivity index (χ4n) is 3.35. The van der Waals surface area contributed by atoms with Crippen LogP contribution in [0.2, 0.25) is 5.02 Å². The standard InChI is InChI=1S/C21H19ClFNO6/c1-29-8-7-24-18(11-3-5-15(25)14(22)9-11)17(20(27)21(24)28)19(26)13-10-12(23)4-6-16(13)30-2/h3-6,9-10,18,25-26H,7-8H2,1-2H3/b19-17+. The number of halogens is 2. The van der Waals surface area contributed by atoms with Crippen molar-refractivity contribution >= 4 is 29.1 Å². The third-order valence-corrected chi connectivity index (χ3v) is 5.08. The van der Waals surface area contributed by atoms with Crippen LogP contribution in [-0.4, -0.2) is 54.2 Å². The molecule has 9 heteroatoms. The number of likely N-dealkylation sites (tertiary alicyclic amines) is 1. The van der Waals surface area contributed by atoms with Gasteiger partial charge in [0.05, 0.1) is 35.9 Å². The van der Waals surface area contributed by atoms with Gasteiger partial charge in [0.15, 0.2) is 0 Å². The molecule has 3 rings (SSSR count). The summed E-state index contributed by atoms with van der Waals surface area (Å²) in [4.78, 5) is 26.8. The number of nitrogens with zero attached hydrogens (tertiary/aromatic N) is 1. The number of ketones is 1. The molecule has 1 unspecified atom stereocenters. The van der Waals surface area contributed by atoms with Crippen molar-refractivity contribution in [2.45, 2.75) is 6.04 Å². The highest BCUT2D eigenvalue weighted by Gasteiger charge is 2.46. The van der Waals surface area contributed by atoms with E-state index < -0.39 is 29.3 Å². The first kappa shape index (κ1) is 21.6. The molecule has 1 atom stereocenters. The van der Waals surface area contributed by atoms with Gasteiger partial charge >= 0.3 is 0 Å². The minimum Gasteiger partial charge on any atom is -0.507 e. The van der Waals surface area contributed by atoms with Gasteiger partial charge in [0.2, 0.25) is 0 Å². The Kier molecular flexibility index (Phi) is 6.28. The fourth-order valence-corrected chi connectivity index (χ4v) is 3.54. The normalized spacial score (nSPS) is 18.1. The number of aliphatic hydroxyl groups is 1. The highest BCUT2D eigenvalue weighted by molar-refractivity contribution is 6.46. The van der Waals surface area contributed by atoms with Crippen molar-refractivity contribution in [3.63, 3.8) is 0 Å². The number of hydrogen-bond acceptors (Lipinski definition) is 6. The molecule has 7 nitrogen and oxygen atoms in total. The Morgan fingerprint density at radius 1 is 1.20 bits per heavy atom. The zero-order valence-electron chi connectivity index (χ0n) is 16.2. The summed E-state index contributed by atoms with van der Waals surface area (Å²) in [5.74, 6) is -3.09. The predicted molar refractivity (Wildman–Crippen MR) is 107 cm³/mol. The predicted octanol–water partition coefficient (Wildman–Crippen LogP) is 3.26. The largest absolute Gasteiger partial charge is 0.507 e. The number of benzene rings is 2. The lowest BCUT2D eigenvalue weighted by molar-refractivity contribution is -0.140. The molecule has 2 N–H and O–H groups in total. The molecule has 1 aliphatic heterocycles. The van der Waals surface area contributed by atoms with E-state index in [1.54, 1.807) is 0 Å². The van der Waals surface area contributed by atoms with E-state index in [-0.39, 0.29) is 40.8 Å². The van der Waals surface area contributed by atoms with E-state index in [9.17, 15) is 24.2 Å². The minimum absolute atomic E-state index is 0.00756. The van der Waals surface area contributed by atoms with Crippen molar-refractivity contribution in [2.24, 2.45) is 0 Å². The monoisotopic (exact) mass is 435 g/mol. The number of aliphatic hydroxyl groups excluding tert-OH is 1. The Hall–Kier alpha value is -3.10. The molecule has 1 heterocycles. The van der Waals surface area contributed by atoms with Gasteiger partial charge < -0.3 is 24.6 Å². The summed E-state index contributed by atoms with van der Waals surface area (Å²) in [5.41, 5.74) is 0.0592. The fraction of sp³-hybridized carbons (Fsp3) is 0.238. The second-order valence-corrected chi connectivity index (χ2v) is 6.95. The van der Waals surface area contributed by atoms with E-state index in [0.29, 0.717) is 5.56 Å². The molecule has 158 valence electrons. The van der Waals surface area contributed by atoms with Crippen molar-refractivity contribution in [1.29, 1.82) is 0 Å². The molecule has 1 saturated heterocycles. The minimum atomic E-state index is -1.02. The van der Waals surface area contributed by atoms with E-state index >= 15 is 0 Å². The van der Waals surface area contributed by atoms with E-state index in [0.717, 1.165) is 12.1 Å². The molecule has 0 spiro atoms. The van der Waals surface area contributed by atoms with E-state index in [1.807, 2.05) is 0 Å². The molecule has 1 fully saturated rings. The number of hydrogen-bond donors (Lipinski definition) is 2. The van der Waals surface area contributed by atoms with Crippen molar-refractivity contribution in [3.05, 3.63) is 63.9 Å². The number of carbonyl (C=O) groups is 2. The summed E-state index contributed by atoms with van der Waals surface area (Å²) in [6.45, 7) is 0.194. The van der Waals surface area contributed by atoms with Gasteiger partial charge in [-0.15, -0.1) is 0 Å². The number of phenolic OH excluding ortho intramolecular Hbond substituents is 1. The molecule has 2 aromatic carbocycles. The van der Waals surface area contributed by atoms with E-state index in [2.05, 4.69) is 0 Å². The number of methoxy groups -OCH3 is 2. The molecular formula is C21H19ClFNO6. The van der Waals surface area contributed by atoms with Gasteiger partial charge in [0, 0.05) is 13.7 Å². The highest BCUT2D eigenvalue weighted by Crippen LogP contribution is 2.42. The number of phenols is 1. The third-order valence-electron chi connectivity index (χ3n) is 4.78. The maximum absolute atomic E-state index is 13.9. The van der Waals surface area contributed by atoms with Gasteiger partial charge in [-0.1, -0.05) is 17.7 Å². The Morgan fingerprint density at radius 3 is 2.57 bits per heavy atom. The Balaban J connectivity index is 2.25. The summed E-state index contributed by atoms with van der Waals surface area (Å²) < 4.78 is 24.0. The first-order valence-electron chi connectivity index (χ1n) is 8.89. The summed E-state index contributed by atoms with van der Waals surface area (Å²) in [6.07, 6.45) is 0. The van der Waals surface area contributed by atoms with E-state index in [1.165, 1.54) is 43.4 Å². The topological polar surface area (TPSA) is 96.3 Å². The summed E-state index contributed by atoms with van der Waals surface area (Å²) >= 11 is 6.02. The number of carbonyl (C=O) groups excluding carboxylic acids is 2. The second kappa shape index (κ2) is 8.73. The van der Waals surface area contributed by atoms with Crippen LogP contribution in [0.15, 0.2) is 42.0 Å². The molecule has 0 aromatic heterocycles. The SMILES string of the molecule is COCCN1C(=O)C(=O)/C(=C(/O)c2cc(F)ccc2OC)C1c1ccc(O)c(Cl)c1. The van der Waals surface area contributed by atoms with Gasteiger partial charge in [-0.25, -0.2) is 4.39 Å². The Morgan fingerprint density at radius 2 is 1.93 bits per heavy atom. The number of rotatable bonds is 6. The van der Waals surface area contributed by atoms with Gasteiger partial charge in [0.1, 0.15) is 23.1 Å². The maximum Gasteiger partial charge on any atom is 0.295 e. The van der Waals surface area contributed by atoms with Crippen LogP contribution in [0.5, 0.6) is 11.5 Å². The second-order valence-electron chi connectivity index (χ2n) is 6.54. The lowest BCUT2D eigenvalue weighted by Gasteiger charge is -2.25. The van der Waals surface area contributed by atoms with Crippen LogP contribution < -0.4 is 4.74 Å². The Labute approximate surface area is 176 Å². The molecule has 1 aliphatic rings. The van der Waals surface area contributed by atoms with Gasteiger partial charge in [-0.05, 0) is 35.9 Å². The average molecular weight is 436 g/mol. The first-order valence-corrected chi connectivity index (χ1v) is 9.27. The molecule has 0 radical (unpaired) electrons. The molecule has 0 saturated carbocycles. The van der Waals surface area contributed by atoms with Crippen LogP contribution in [0, 0.1) is 5.82 Å². The van der Waals surface area contributed by atoms with Crippen LogP contribution in [0.1, 0.15) is 17.2 Å². The van der Waals surface area contributed by atoms with Gasteiger partial charge in [-0.3, -0.25) is 9.59 Å². The van der Waals surface area contributed by atoms with Crippen LogP contribution in [0.25, 0.3) is 5.76 Å². The lowest BCUT2D eigenvalue weighted by Crippen LogP contribution is -2.32. The number of Topliss-reactive ketones (excluding diaryl/α,β-unsaturated/α-hetero) is 1. The van der Waals surface area contributed by atoms with Crippen LogP contribution in [-0.2, 0) is 14.3 Å². The van der Waals surface area contributed by atoms with Crippen molar-refractivity contribution in [2.75, 3.05) is 27.4 Å². The zero-order valence-corrected chi connectivity index (χ0v) is 16.9. The molecule has 1 amide bonds. The molecule has 0 bridgehead atoms. The lowest BCUT2D eigenvalue weighted by atomic mass is 9.95. The number of aromatic hydroxyl groups is 1. The van der Waals surface area contributed by atoms with E-state index in [4.69, 9.17) is 21.1 Å². The quantitative estimate of drug-likeness (QED) is 0.411. The van der Waals surface area contributed by atoms with Crippen molar-refractivity contribution < 1.29 is 33.7 Å². The number of ether oxygens (including phenoxy) is 2. The molecule has 30 heavy (non-hydrogen) atoms. The molecule has 0 aliphatic carbocycles. The Bertz CT molecular complexity index is 1040. The van der Waals surface area contributed by atoms with Crippen LogP contribution in [0.4, 0.5) is 4.39 Å². The zero-order chi connectivity index (χ0) is 22.0.